The highest BCUT2D eigenvalue weighted by molar-refractivity contribution is 5.95. The largest absolute Gasteiger partial charge is 0.489 e. The second kappa shape index (κ2) is 5.76. The molecule has 0 bridgehead atoms. The van der Waals surface area contributed by atoms with Crippen LogP contribution in [0.4, 0.5) is 11.4 Å². The highest BCUT2D eigenvalue weighted by Crippen LogP contribution is 2.34. The average molecular weight is 290 g/mol. The van der Waals surface area contributed by atoms with Gasteiger partial charge in [-0.15, -0.1) is 0 Å². The Balaban J connectivity index is 2.14. The molecule has 1 N–H and O–H groups in total. The molecule has 0 aliphatic carbocycles. The van der Waals surface area contributed by atoms with E-state index in [1.165, 1.54) is 6.92 Å². The Kier molecular flexibility index (Phi) is 4.21. The van der Waals surface area contributed by atoms with Gasteiger partial charge in [0.1, 0.15) is 12.4 Å². The van der Waals surface area contributed by atoms with Crippen LogP contribution in [-0.4, -0.2) is 25.0 Å². The molecule has 0 fully saturated rings. The van der Waals surface area contributed by atoms with Gasteiger partial charge in [0.05, 0.1) is 12.2 Å². The molecular weight excluding hydrogens is 268 g/mol. The topological polar surface area (TPSA) is 58.6 Å². The molecule has 0 spiro atoms. The fourth-order valence-electron chi connectivity index (χ4n) is 2.31. The minimum Gasteiger partial charge on any atom is -0.489 e. The lowest BCUT2D eigenvalue weighted by Gasteiger charge is -2.29. The Morgan fingerprint density at radius 3 is 2.67 bits per heavy atom. The maximum Gasteiger partial charge on any atom is 0.224 e. The highest BCUT2D eigenvalue weighted by atomic mass is 16.5. The summed E-state index contributed by atoms with van der Waals surface area (Å²) >= 11 is 0. The zero-order valence-electron chi connectivity index (χ0n) is 13.0. The lowest BCUT2D eigenvalue weighted by molar-refractivity contribution is -0.118. The van der Waals surface area contributed by atoms with Crippen LogP contribution in [0.5, 0.6) is 5.75 Å². The van der Waals surface area contributed by atoms with Gasteiger partial charge in [0, 0.05) is 25.1 Å². The predicted molar refractivity (Wildman–Crippen MR) is 82.7 cm³/mol. The zero-order chi connectivity index (χ0) is 15.6. The van der Waals surface area contributed by atoms with Crippen molar-refractivity contribution in [1.29, 1.82) is 0 Å². The summed E-state index contributed by atoms with van der Waals surface area (Å²) in [5, 5.41) is 2.87. The van der Waals surface area contributed by atoms with E-state index in [0.29, 0.717) is 31.0 Å². The molecule has 1 heterocycles. The minimum absolute atomic E-state index is 0.0101. The number of rotatable bonds is 2. The van der Waals surface area contributed by atoms with E-state index in [1.54, 1.807) is 17.0 Å². The number of hydrogen-bond acceptors (Lipinski definition) is 3. The van der Waals surface area contributed by atoms with E-state index in [2.05, 4.69) is 5.32 Å². The van der Waals surface area contributed by atoms with E-state index in [4.69, 9.17) is 4.74 Å². The van der Waals surface area contributed by atoms with Gasteiger partial charge in [0.2, 0.25) is 11.8 Å². The number of amides is 2. The number of hydrogen-bond donors (Lipinski definition) is 1. The molecule has 1 aliphatic rings. The van der Waals surface area contributed by atoms with Gasteiger partial charge in [-0.3, -0.25) is 9.59 Å². The number of nitrogens with one attached hydrogen (secondary N) is 1. The van der Waals surface area contributed by atoms with Crippen molar-refractivity contribution < 1.29 is 14.3 Å². The van der Waals surface area contributed by atoms with Gasteiger partial charge in [0.25, 0.3) is 0 Å². The molecule has 0 unspecified atom stereocenters. The number of ether oxygens (including phenoxy) is 1. The third-order valence-electron chi connectivity index (χ3n) is 3.18. The van der Waals surface area contributed by atoms with Crippen LogP contribution in [0, 0.1) is 5.41 Å². The van der Waals surface area contributed by atoms with E-state index in [1.807, 2.05) is 26.8 Å². The molecule has 0 atom stereocenters. The molecule has 2 rings (SSSR count). The number of carbonyl (C=O) groups excluding carboxylic acids is 2. The van der Waals surface area contributed by atoms with Gasteiger partial charge in [-0.2, -0.15) is 0 Å². The van der Waals surface area contributed by atoms with Crippen molar-refractivity contribution >= 4 is 23.2 Å². The number of nitrogens with zero attached hydrogens (tertiary/aromatic N) is 1. The quantitative estimate of drug-likeness (QED) is 0.911. The van der Waals surface area contributed by atoms with Crippen molar-refractivity contribution in [1.82, 2.24) is 0 Å². The molecule has 2 amide bonds. The number of fused-ring (bicyclic) bond motifs is 1. The summed E-state index contributed by atoms with van der Waals surface area (Å²) in [7, 11) is 0. The van der Waals surface area contributed by atoms with Crippen LogP contribution in [0.3, 0.4) is 0 Å². The Morgan fingerprint density at radius 1 is 1.33 bits per heavy atom. The lowest BCUT2D eigenvalue weighted by Crippen LogP contribution is -2.36. The Bertz CT molecular complexity index is 561. The Hall–Kier alpha value is -2.04. The van der Waals surface area contributed by atoms with E-state index >= 15 is 0 Å². The van der Waals surface area contributed by atoms with Crippen molar-refractivity contribution in [2.75, 3.05) is 23.4 Å². The molecule has 0 saturated heterocycles. The van der Waals surface area contributed by atoms with Crippen molar-refractivity contribution in [3.8, 4) is 5.75 Å². The molecule has 1 aliphatic heterocycles. The average Bonchev–Trinajstić information content (AvgIpc) is 2.35. The molecule has 5 nitrogen and oxygen atoms in total. The third kappa shape index (κ3) is 3.97. The fraction of sp³-hybridized carbons (Fsp3) is 0.500. The van der Waals surface area contributed by atoms with Crippen molar-refractivity contribution in [2.24, 2.45) is 5.41 Å². The molecule has 1 aromatic carbocycles. The fourth-order valence-corrected chi connectivity index (χ4v) is 2.31. The normalized spacial score (nSPS) is 14.2. The molecule has 0 saturated carbocycles. The molecule has 5 heteroatoms. The standard InChI is InChI=1S/C16H22N2O3/c1-11(19)18-7-8-21-14-9-12(5-6-13(14)18)17-15(20)10-16(2,3)4/h5-6,9H,7-8,10H2,1-4H3,(H,17,20). The maximum absolute atomic E-state index is 12.0. The maximum atomic E-state index is 12.0. The van der Waals surface area contributed by atoms with Gasteiger partial charge >= 0.3 is 0 Å². The van der Waals surface area contributed by atoms with Gasteiger partial charge in [0.15, 0.2) is 0 Å². The van der Waals surface area contributed by atoms with Crippen LogP contribution in [0.25, 0.3) is 0 Å². The number of carbonyl (C=O) groups is 2. The summed E-state index contributed by atoms with van der Waals surface area (Å²) in [6.07, 6.45) is 0.449. The molecule has 0 radical (unpaired) electrons. The molecule has 21 heavy (non-hydrogen) atoms. The van der Waals surface area contributed by atoms with E-state index in [-0.39, 0.29) is 17.2 Å². The van der Waals surface area contributed by atoms with Gasteiger partial charge in [-0.1, -0.05) is 20.8 Å². The summed E-state index contributed by atoms with van der Waals surface area (Å²) in [6, 6.07) is 5.37. The van der Waals surface area contributed by atoms with Crippen LogP contribution in [-0.2, 0) is 9.59 Å². The van der Waals surface area contributed by atoms with Crippen LogP contribution in [0.1, 0.15) is 34.1 Å². The van der Waals surface area contributed by atoms with E-state index in [9.17, 15) is 9.59 Å². The van der Waals surface area contributed by atoms with Crippen LogP contribution < -0.4 is 15.0 Å². The first-order chi connectivity index (χ1) is 9.76. The van der Waals surface area contributed by atoms with E-state index in [0.717, 1.165) is 5.69 Å². The first-order valence-corrected chi connectivity index (χ1v) is 7.11. The number of benzene rings is 1. The van der Waals surface area contributed by atoms with Crippen LogP contribution in [0.15, 0.2) is 18.2 Å². The van der Waals surface area contributed by atoms with Crippen molar-refractivity contribution in [2.45, 2.75) is 34.1 Å². The Morgan fingerprint density at radius 2 is 2.05 bits per heavy atom. The van der Waals surface area contributed by atoms with Gasteiger partial charge < -0.3 is 15.0 Å². The first kappa shape index (κ1) is 15.4. The summed E-state index contributed by atoms with van der Waals surface area (Å²) in [4.78, 5) is 25.2. The zero-order valence-corrected chi connectivity index (χ0v) is 13.0. The van der Waals surface area contributed by atoms with Crippen molar-refractivity contribution in [3.63, 3.8) is 0 Å². The summed E-state index contributed by atoms with van der Waals surface area (Å²) < 4.78 is 5.58. The SMILES string of the molecule is CC(=O)N1CCOc2cc(NC(=O)CC(C)(C)C)ccc21. The Labute approximate surface area is 125 Å². The first-order valence-electron chi connectivity index (χ1n) is 7.11. The van der Waals surface area contributed by atoms with Gasteiger partial charge in [-0.05, 0) is 17.5 Å². The summed E-state index contributed by atoms with van der Waals surface area (Å²) in [5.41, 5.74) is 1.39. The summed E-state index contributed by atoms with van der Waals surface area (Å²) in [6.45, 7) is 8.62. The summed E-state index contributed by atoms with van der Waals surface area (Å²) in [5.74, 6) is 0.593. The second-order valence-corrected chi connectivity index (χ2v) is 6.49. The third-order valence-corrected chi connectivity index (χ3v) is 3.18. The minimum atomic E-state index is -0.0553. The number of anilines is 2. The van der Waals surface area contributed by atoms with Crippen LogP contribution in [0.2, 0.25) is 0 Å². The second-order valence-electron chi connectivity index (χ2n) is 6.49. The molecule has 1 aromatic rings. The molecule has 114 valence electrons. The smallest absolute Gasteiger partial charge is 0.224 e. The monoisotopic (exact) mass is 290 g/mol. The van der Waals surface area contributed by atoms with E-state index < -0.39 is 0 Å². The molecule has 0 aromatic heterocycles. The molecular formula is C16H22N2O3. The van der Waals surface area contributed by atoms with Gasteiger partial charge in [-0.25, -0.2) is 0 Å². The highest BCUT2D eigenvalue weighted by Gasteiger charge is 2.22. The lowest BCUT2D eigenvalue weighted by atomic mass is 9.92. The van der Waals surface area contributed by atoms with Crippen LogP contribution >= 0.6 is 0 Å². The van der Waals surface area contributed by atoms with Crippen molar-refractivity contribution in [3.05, 3.63) is 18.2 Å². The predicted octanol–water partition coefficient (Wildman–Crippen LogP) is 2.81.